The molecule has 1 fully saturated rings. The molecular weight excluding hydrogens is 523 g/mol. The van der Waals surface area contributed by atoms with Gasteiger partial charge < -0.3 is 20.4 Å². The summed E-state index contributed by atoms with van der Waals surface area (Å²) >= 11 is 1.67. The van der Waals surface area contributed by atoms with Crippen LogP contribution < -0.4 is 15.5 Å². The summed E-state index contributed by atoms with van der Waals surface area (Å²) in [7, 11) is 0. The molecule has 0 bridgehead atoms. The number of aryl methyl sites for hydroxylation is 1. The van der Waals surface area contributed by atoms with Crippen molar-refractivity contribution < 1.29 is 4.79 Å². The minimum Gasteiger partial charge on any atom is -0.368 e. The van der Waals surface area contributed by atoms with Gasteiger partial charge in [-0.15, -0.1) is 35.3 Å². The molecule has 170 valence electrons. The molecule has 1 aliphatic rings. The maximum atomic E-state index is 12.6. The van der Waals surface area contributed by atoms with Gasteiger partial charge in [0.2, 0.25) is 5.91 Å². The molecule has 2 heterocycles. The summed E-state index contributed by atoms with van der Waals surface area (Å²) in [6.45, 7) is 9.39. The molecule has 1 saturated heterocycles. The van der Waals surface area contributed by atoms with Gasteiger partial charge in [0.15, 0.2) is 5.96 Å². The van der Waals surface area contributed by atoms with E-state index in [0.717, 1.165) is 62.4 Å². The number of rotatable bonds is 8. The predicted octanol–water partition coefficient (Wildman–Crippen LogP) is 2.91. The Morgan fingerprint density at radius 1 is 1.16 bits per heavy atom. The highest BCUT2D eigenvalue weighted by Gasteiger charge is 2.20. The molecule has 0 aliphatic carbocycles. The van der Waals surface area contributed by atoms with E-state index in [2.05, 4.69) is 55.2 Å². The molecule has 0 saturated carbocycles. The van der Waals surface area contributed by atoms with Gasteiger partial charge in [0.05, 0.1) is 17.2 Å². The van der Waals surface area contributed by atoms with E-state index in [1.54, 1.807) is 11.3 Å². The predicted molar refractivity (Wildman–Crippen MR) is 140 cm³/mol. The number of thiazole rings is 1. The Morgan fingerprint density at radius 2 is 1.90 bits per heavy atom. The lowest BCUT2D eigenvalue weighted by Crippen LogP contribution is -2.49. The largest absolute Gasteiger partial charge is 0.368 e. The fourth-order valence-electron chi connectivity index (χ4n) is 3.45. The normalized spacial score (nSPS) is 14.2. The highest BCUT2D eigenvalue weighted by Crippen LogP contribution is 2.15. The molecule has 3 rings (SSSR count). The molecule has 0 unspecified atom stereocenters. The fourth-order valence-corrected chi connectivity index (χ4v) is 4.10. The van der Waals surface area contributed by atoms with E-state index >= 15 is 0 Å². The molecule has 2 aromatic rings. The SMILES string of the molecule is CCNC(=NCCC(=O)N1CCN(c2ccccc2)CC1)NCCc1csc(C)n1.I. The number of nitrogens with one attached hydrogen (secondary N) is 2. The summed E-state index contributed by atoms with van der Waals surface area (Å²) in [5.41, 5.74) is 2.33. The molecule has 1 amide bonds. The van der Waals surface area contributed by atoms with Crippen LogP contribution in [0.5, 0.6) is 0 Å². The van der Waals surface area contributed by atoms with Gasteiger partial charge in [-0.25, -0.2) is 4.98 Å². The number of nitrogens with zero attached hydrogens (tertiary/aromatic N) is 4. The Morgan fingerprint density at radius 3 is 2.55 bits per heavy atom. The number of carbonyl (C=O) groups is 1. The summed E-state index contributed by atoms with van der Waals surface area (Å²) in [5, 5.41) is 9.75. The second-order valence-corrected chi connectivity index (χ2v) is 8.31. The van der Waals surface area contributed by atoms with Gasteiger partial charge in [-0.05, 0) is 26.0 Å². The van der Waals surface area contributed by atoms with Crippen LogP contribution in [-0.2, 0) is 11.2 Å². The average molecular weight is 557 g/mol. The second-order valence-electron chi connectivity index (χ2n) is 7.25. The van der Waals surface area contributed by atoms with E-state index in [-0.39, 0.29) is 29.9 Å². The number of hydrogen-bond donors (Lipinski definition) is 2. The van der Waals surface area contributed by atoms with Gasteiger partial charge in [-0.2, -0.15) is 0 Å². The van der Waals surface area contributed by atoms with E-state index < -0.39 is 0 Å². The van der Waals surface area contributed by atoms with Crippen molar-refractivity contribution in [1.82, 2.24) is 20.5 Å². The van der Waals surface area contributed by atoms with Crippen LogP contribution in [-0.4, -0.2) is 67.6 Å². The van der Waals surface area contributed by atoms with Crippen LogP contribution in [0.1, 0.15) is 24.0 Å². The summed E-state index contributed by atoms with van der Waals surface area (Å²) in [5.74, 6) is 0.936. The first-order valence-electron chi connectivity index (χ1n) is 10.7. The third-order valence-electron chi connectivity index (χ3n) is 5.03. The monoisotopic (exact) mass is 556 g/mol. The van der Waals surface area contributed by atoms with Crippen LogP contribution in [0.25, 0.3) is 0 Å². The molecule has 0 atom stereocenters. The number of amides is 1. The highest BCUT2D eigenvalue weighted by molar-refractivity contribution is 14.0. The molecule has 1 aromatic heterocycles. The van der Waals surface area contributed by atoms with Crippen molar-refractivity contribution in [2.45, 2.75) is 26.7 Å². The molecule has 31 heavy (non-hydrogen) atoms. The molecule has 0 radical (unpaired) electrons. The summed E-state index contributed by atoms with van der Waals surface area (Å²) < 4.78 is 0. The van der Waals surface area contributed by atoms with E-state index in [9.17, 15) is 4.79 Å². The zero-order valence-corrected chi connectivity index (χ0v) is 21.5. The minimum absolute atomic E-state index is 0. The first kappa shape index (κ1) is 25.4. The maximum absolute atomic E-state index is 12.6. The lowest BCUT2D eigenvalue weighted by Gasteiger charge is -2.36. The highest BCUT2D eigenvalue weighted by atomic mass is 127. The quantitative estimate of drug-likeness (QED) is 0.297. The summed E-state index contributed by atoms with van der Waals surface area (Å²) in [6, 6.07) is 10.4. The van der Waals surface area contributed by atoms with E-state index in [0.29, 0.717) is 13.0 Å². The van der Waals surface area contributed by atoms with Crippen molar-refractivity contribution in [1.29, 1.82) is 0 Å². The number of aromatic nitrogens is 1. The smallest absolute Gasteiger partial charge is 0.224 e. The molecule has 2 N–H and O–H groups in total. The van der Waals surface area contributed by atoms with Gasteiger partial charge >= 0.3 is 0 Å². The molecule has 7 nitrogen and oxygen atoms in total. The number of hydrogen-bond acceptors (Lipinski definition) is 5. The van der Waals surface area contributed by atoms with Gasteiger partial charge in [-0.1, -0.05) is 18.2 Å². The van der Waals surface area contributed by atoms with Crippen molar-refractivity contribution in [3.63, 3.8) is 0 Å². The van der Waals surface area contributed by atoms with Crippen molar-refractivity contribution >= 4 is 52.9 Å². The Bertz CT molecular complexity index is 820. The number of benzene rings is 1. The Kier molecular flexibility index (Phi) is 11.1. The van der Waals surface area contributed by atoms with Gasteiger partial charge in [0.1, 0.15) is 0 Å². The van der Waals surface area contributed by atoms with Crippen LogP contribution in [0.3, 0.4) is 0 Å². The van der Waals surface area contributed by atoms with Crippen LogP contribution in [0.4, 0.5) is 5.69 Å². The van der Waals surface area contributed by atoms with Crippen LogP contribution >= 0.6 is 35.3 Å². The Hall–Kier alpha value is -1.88. The van der Waals surface area contributed by atoms with Crippen molar-refractivity contribution in [2.75, 3.05) is 50.7 Å². The average Bonchev–Trinajstić information content (AvgIpc) is 3.19. The van der Waals surface area contributed by atoms with Crippen molar-refractivity contribution in [3.05, 3.63) is 46.4 Å². The number of para-hydroxylation sites is 1. The molecule has 1 aliphatic heterocycles. The standard InChI is InChI=1S/C22H32N6OS.HI/c1-3-23-22(24-11-9-19-17-30-18(2)26-19)25-12-10-21(29)28-15-13-27(14-16-28)20-7-5-4-6-8-20;/h4-8,17H,3,9-16H2,1-2H3,(H2,23,24,25);1H. The Balaban J connectivity index is 0.00000341. The molecule has 0 spiro atoms. The van der Waals surface area contributed by atoms with Gasteiger partial charge in [0, 0.05) is 63.2 Å². The van der Waals surface area contributed by atoms with Crippen LogP contribution in [0.2, 0.25) is 0 Å². The lowest BCUT2D eigenvalue weighted by atomic mass is 10.2. The molecule has 1 aromatic carbocycles. The number of anilines is 1. The minimum atomic E-state index is 0. The maximum Gasteiger partial charge on any atom is 0.224 e. The van der Waals surface area contributed by atoms with E-state index in [1.165, 1.54) is 5.69 Å². The number of halogens is 1. The first-order chi connectivity index (χ1) is 14.7. The molecule has 9 heteroatoms. The summed E-state index contributed by atoms with van der Waals surface area (Å²) in [4.78, 5) is 25.9. The number of carbonyl (C=O) groups excluding carboxylic acids is 1. The van der Waals surface area contributed by atoms with E-state index in [4.69, 9.17) is 0 Å². The zero-order chi connectivity index (χ0) is 21.2. The molecular formula is C22H33IN6OS. The third kappa shape index (κ3) is 8.29. The Labute approximate surface area is 206 Å². The van der Waals surface area contributed by atoms with Gasteiger partial charge in [-0.3, -0.25) is 9.79 Å². The van der Waals surface area contributed by atoms with E-state index in [1.807, 2.05) is 24.8 Å². The first-order valence-corrected chi connectivity index (χ1v) is 11.5. The van der Waals surface area contributed by atoms with Crippen molar-refractivity contribution in [2.24, 2.45) is 4.99 Å². The van der Waals surface area contributed by atoms with Crippen molar-refractivity contribution in [3.8, 4) is 0 Å². The number of guanidine groups is 1. The number of piperazine rings is 1. The second kappa shape index (κ2) is 13.5. The fraction of sp³-hybridized carbons (Fsp3) is 0.500. The van der Waals surface area contributed by atoms with Crippen LogP contribution in [0, 0.1) is 6.92 Å². The van der Waals surface area contributed by atoms with Crippen LogP contribution in [0.15, 0.2) is 40.7 Å². The third-order valence-corrected chi connectivity index (χ3v) is 5.86. The number of aliphatic imine (C=N–C) groups is 1. The van der Waals surface area contributed by atoms with Gasteiger partial charge in [0.25, 0.3) is 0 Å². The lowest BCUT2D eigenvalue weighted by molar-refractivity contribution is -0.131. The summed E-state index contributed by atoms with van der Waals surface area (Å²) in [6.07, 6.45) is 1.30. The zero-order valence-electron chi connectivity index (χ0n) is 18.3. The topological polar surface area (TPSA) is 72.9 Å².